The number of aliphatic carboxylic acids is 1. The molecule has 100 valence electrons. The van der Waals surface area contributed by atoms with Gasteiger partial charge in [0, 0.05) is 12.4 Å². The zero-order valence-electron chi connectivity index (χ0n) is 10.7. The summed E-state index contributed by atoms with van der Waals surface area (Å²) < 4.78 is 4.55. The van der Waals surface area contributed by atoms with Crippen LogP contribution in [-0.2, 0) is 14.3 Å². The first-order valence-corrected chi connectivity index (χ1v) is 6.43. The molecule has 0 amide bonds. The second kappa shape index (κ2) is 11.4. The molecule has 0 atom stereocenters. The zero-order chi connectivity index (χ0) is 12.9. The minimum absolute atomic E-state index is 0.132. The van der Waals surface area contributed by atoms with Crippen LogP contribution in [0.2, 0.25) is 0 Å². The van der Waals surface area contributed by atoms with E-state index in [1.165, 1.54) is 7.11 Å². The molecule has 0 aromatic carbocycles. The third kappa shape index (κ3) is 12.9. The topological polar surface area (TPSA) is 66.4 Å². The Labute approximate surface area is 103 Å². The quantitative estimate of drug-likeness (QED) is 0.410. The molecule has 0 spiro atoms. The number of esters is 1. The summed E-state index contributed by atoms with van der Waals surface area (Å²) in [5.41, 5.74) is 0. The molecule has 0 bridgehead atoms. The van der Waals surface area contributed by atoms with Gasteiger partial charge in [0.15, 0.2) is 0 Å². The molecule has 4 nitrogen and oxygen atoms in total. The minimum Gasteiger partial charge on any atom is -0.550 e. The average Bonchev–Trinajstić information content (AvgIpc) is 2.30. The monoisotopic (exact) mass is 243 g/mol. The molecule has 0 aliphatic heterocycles. The molecule has 4 heteroatoms. The van der Waals surface area contributed by atoms with Gasteiger partial charge in [0.05, 0.1) is 7.11 Å². The van der Waals surface area contributed by atoms with Gasteiger partial charge in [-0.3, -0.25) is 4.79 Å². The number of carboxylic acids is 1. The molecule has 0 aromatic rings. The van der Waals surface area contributed by atoms with Crippen LogP contribution in [0.1, 0.15) is 64.2 Å². The van der Waals surface area contributed by atoms with Crippen molar-refractivity contribution in [2.75, 3.05) is 7.11 Å². The second-order valence-corrected chi connectivity index (χ2v) is 4.28. The van der Waals surface area contributed by atoms with Crippen molar-refractivity contribution in [3.05, 3.63) is 0 Å². The molecule has 0 heterocycles. The molecule has 17 heavy (non-hydrogen) atoms. The molecule has 0 radical (unpaired) electrons. The van der Waals surface area contributed by atoms with Gasteiger partial charge in [-0.15, -0.1) is 0 Å². The van der Waals surface area contributed by atoms with Crippen molar-refractivity contribution in [3.63, 3.8) is 0 Å². The second-order valence-electron chi connectivity index (χ2n) is 4.28. The highest BCUT2D eigenvalue weighted by Crippen LogP contribution is 2.10. The standard InChI is InChI=1S/C13H24O4/c1-17-13(16)11-9-7-5-3-2-4-6-8-10-12(14)15/h2-11H2,1H3,(H,14,15)/p-1. The maximum absolute atomic E-state index is 10.8. The van der Waals surface area contributed by atoms with Gasteiger partial charge in [0.25, 0.3) is 0 Å². The third-order valence-electron chi connectivity index (χ3n) is 2.74. The number of unbranched alkanes of at least 4 members (excludes halogenated alkanes) is 7. The van der Waals surface area contributed by atoms with Crippen LogP contribution in [0.15, 0.2) is 0 Å². The minimum atomic E-state index is -0.951. The van der Waals surface area contributed by atoms with E-state index in [-0.39, 0.29) is 12.4 Å². The van der Waals surface area contributed by atoms with Crippen LogP contribution >= 0.6 is 0 Å². The maximum Gasteiger partial charge on any atom is 0.305 e. The van der Waals surface area contributed by atoms with Gasteiger partial charge in [-0.25, -0.2) is 0 Å². The summed E-state index contributed by atoms with van der Waals surface area (Å²) in [6.45, 7) is 0. The summed E-state index contributed by atoms with van der Waals surface area (Å²) >= 11 is 0. The number of rotatable bonds is 11. The maximum atomic E-state index is 10.8. The molecule has 0 unspecified atom stereocenters. The van der Waals surface area contributed by atoms with E-state index in [2.05, 4.69) is 4.74 Å². The molecule has 0 rings (SSSR count). The number of ether oxygens (including phenoxy) is 1. The van der Waals surface area contributed by atoms with Crippen molar-refractivity contribution in [2.24, 2.45) is 0 Å². The number of carbonyl (C=O) groups excluding carboxylic acids is 2. The van der Waals surface area contributed by atoms with E-state index in [0.29, 0.717) is 6.42 Å². The lowest BCUT2D eigenvalue weighted by atomic mass is 10.1. The molecule has 0 saturated carbocycles. The van der Waals surface area contributed by atoms with Crippen LogP contribution in [0.3, 0.4) is 0 Å². The lowest BCUT2D eigenvalue weighted by molar-refractivity contribution is -0.305. The summed E-state index contributed by atoms with van der Waals surface area (Å²) in [4.78, 5) is 20.9. The van der Waals surface area contributed by atoms with Gasteiger partial charge in [-0.05, 0) is 19.3 Å². The van der Waals surface area contributed by atoms with Gasteiger partial charge in [-0.1, -0.05) is 38.5 Å². The van der Waals surface area contributed by atoms with Crippen LogP contribution in [-0.4, -0.2) is 19.0 Å². The Morgan fingerprint density at radius 3 is 1.65 bits per heavy atom. The average molecular weight is 243 g/mol. The fourth-order valence-corrected chi connectivity index (χ4v) is 1.70. The normalized spacial score (nSPS) is 10.2. The van der Waals surface area contributed by atoms with E-state index in [1.54, 1.807) is 0 Å². The lowest BCUT2D eigenvalue weighted by Crippen LogP contribution is -2.21. The highest BCUT2D eigenvalue weighted by Gasteiger charge is 1.98. The summed E-state index contributed by atoms with van der Waals surface area (Å²) in [5.74, 6) is -1.08. The number of carbonyl (C=O) groups is 2. The van der Waals surface area contributed by atoms with Crippen LogP contribution in [0, 0.1) is 0 Å². The first-order valence-electron chi connectivity index (χ1n) is 6.43. The van der Waals surface area contributed by atoms with Crippen molar-refractivity contribution in [3.8, 4) is 0 Å². The van der Waals surface area contributed by atoms with Crippen LogP contribution in [0.4, 0.5) is 0 Å². The van der Waals surface area contributed by atoms with Crippen molar-refractivity contribution in [1.82, 2.24) is 0 Å². The number of hydrogen-bond acceptors (Lipinski definition) is 4. The smallest absolute Gasteiger partial charge is 0.305 e. The Morgan fingerprint density at radius 1 is 0.824 bits per heavy atom. The Hall–Kier alpha value is -1.06. The molecule has 0 aliphatic rings. The summed E-state index contributed by atoms with van der Waals surface area (Å²) in [6, 6.07) is 0. The summed E-state index contributed by atoms with van der Waals surface area (Å²) in [6.07, 6.45) is 8.88. The number of hydrogen-bond donors (Lipinski definition) is 0. The zero-order valence-corrected chi connectivity index (χ0v) is 10.7. The summed E-state index contributed by atoms with van der Waals surface area (Å²) in [5, 5.41) is 10.1. The fraction of sp³-hybridized carbons (Fsp3) is 0.846. The molecule has 0 fully saturated rings. The van der Waals surface area contributed by atoms with Crippen molar-refractivity contribution >= 4 is 11.9 Å². The first kappa shape index (κ1) is 15.9. The largest absolute Gasteiger partial charge is 0.550 e. The van der Waals surface area contributed by atoms with E-state index in [9.17, 15) is 14.7 Å². The Kier molecular flexibility index (Phi) is 10.7. The molecule has 0 saturated heterocycles. The number of carboxylic acid groups (broad SMARTS) is 1. The highest BCUT2D eigenvalue weighted by molar-refractivity contribution is 5.68. The van der Waals surface area contributed by atoms with Crippen LogP contribution < -0.4 is 5.11 Å². The Morgan fingerprint density at radius 2 is 1.24 bits per heavy atom. The van der Waals surface area contributed by atoms with E-state index < -0.39 is 5.97 Å². The fourth-order valence-electron chi connectivity index (χ4n) is 1.70. The van der Waals surface area contributed by atoms with E-state index in [1.807, 2.05) is 0 Å². The summed E-state index contributed by atoms with van der Waals surface area (Å²) in [7, 11) is 1.41. The third-order valence-corrected chi connectivity index (χ3v) is 2.74. The van der Waals surface area contributed by atoms with Gasteiger partial charge < -0.3 is 14.6 Å². The van der Waals surface area contributed by atoms with E-state index in [0.717, 1.165) is 51.4 Å². The molecule has 0 N–H and O–H groups in total. The Bertz CT molecular complexity index is 213. The highest BCUT2D eigenvalue weighted by atomic mass is 16.5. The lowest BCUT2D eigenvalue weighted by Gasteiger charge is -2.03. The molecular formula is C13H23O4-. The SMILES string of the molecule is COC(=O)CCCCCCCCCCC(=O)[O-]. The number of methoxy groups -OCH3 is 1. The Balaban J connectivity index is 3.03. The van der Waals surface area contributed by atoms with Crippen LogP contribution in [0.25, 0.3) is 0 Å². The van der Waals surface area contributed by atoms with E-state index >= 15 is 0 Å². The van der Waals surface area contributed by atoms with Gasteiger partial charge >= 0.3 is 5.97 Å². The molecule has 0 aromatic heterocycles. The van der Waals surface area contributed by atoms with Crippen molar-refractivity contribution in [1.29, 1.82) is 0 Å². The predicted octanol–water partition coefficient (Wildman–Crippen LogP) is 1.81. The van der Waals surface area contributed by atoms with Gasteiger partial charge in [0.2, 0.25) is 0 Å². The molecular weight excluding hydrogens is 220 g/mol. The van der Waals surface area contributed by atoms with Crippen molar-refractivity contribution in [2.45, 2.75) is 64.2 Å². The van der Waals surface area contributed by atoms with E-state index in [4.69, 9.17) is 0 Å². The molecule has 0 aliphatic carbocycles. The van der Waals surface area contributed by atoms with Crippen LogP contribution in [0.5, 0.6) is 0 Å². The van der Waals surface area contributed by atoms with Gasteiger partial charge in [0.1, 0.15) is 0 Å². The van der Waals surface area contributed by atoms with Gasteiger partial charge in [-0.2, -0.15) is 0 Å². The van der Waals surface area contributed by atoms with Crippen molar-refractivity contribution < 1.29 is 19.4 Å². The predicted molar refractivity (Wildman–Crippen MR) is 63.2 cm³/mol. The first-order chi connectivity index (χ1) is 8.16.